The molecule has 0 aromatic heterocycles. The molecule has 1 aliphatic rings. The number of hydrogen-bond acceptors (Lipinski definition) is 3. The highest BCUT2D eigenvalue weighted by Crippen LogP contribution is 2.28. The lowest BCUT2D eigenvalue weighted by Gasteiger charge is -2.28. The molecule has 17 heavy (non-hydrogen) atoms. The average Bonchev–Trinajstić information content (AvgIpc) is 2.91. The van der Waals surface area contributed by atoms with E-state index in [-0.39, 0.29) is 6.10 Å². The first-order valence-electron chi connectivity index (χ1n) is 5.47. The van der Waals surface area contributed by atoms with Crippen LogP contribution in [-0.4, -0.2) is 34.2 Å². The molecule has 0 bridgehead atoms. The first-order chi connectivity index (χ1) is 7.60. The highest BCUT2D eigenvalue weighted by molar-refractivity contribution is 7.90. The minimum atomic E-state index is -4.45. The Kier molecular flexibility index (Phi) is 4.73. The Morgan fingerprint density at radius 3 is 2.24 bits per heavy atom. The van der Waals surface area contributed by atoms with E-state index in [0.29, 0.717) is 0 Å². The molecule has 3 nitrogen and oxygen atoms in total. The van der Waals surface area contributed by atoms with Gasteiger partial charge in [0.1, 0.15) is 4.75 Å². The minimum absolute atomic E-state index is 0.0512. The molecule has 0 saturated heterocycles. The third-order valence-corrected chi connectivity index (χ3v) is 3.83. The van der Waals surface area contributed by atoms with Gasteiger partial charge in [0.05, 0.1) is 12.7 Å². The van der Waals surface area contributed by atoms with Crippen LogP contribution < -0.4 is 4.72 Å². The summed E-state index contributed by atoms with van der Waals surface area (Å²) >= 11 is -1.76. The first kappa shape index (κ1) is 15.1. The quantitative estimate of drug-likeness (QED) is 0.781. The van der Waals surface area contributed by atoms with Crippen molar-refractivity contribution in [1.29, 1.82) is 0 Å². The van der Waals surface area contributed by atoms with Crippen molar-refractivity contribution in [3.05, 3.63) is 0 Å². The Balaban J connectivity index is 2.50. The molecule has 0 aromatic rings. The van der Waals surface area contributed by atoms with E-state index in [1.807, 2.05) is 0 Å². The van der Waals surface area contributed by atoms with Crippen molar-refractivity contribution in [2.24, 2.45) is 0 Å². The standard InChI is InChI=1S/C10H18F3NO2S/c1-9(2,3)17(15)14-8(10(11,12)13)6-16-7-4-5-7/h7-8,14H,4-6H2,1-3H3/t8?,17-/m1/s1. The highest BCUT2D eigenvalue weighted by atomic mass is 32.2. The maximum Gasteiger partial charge on any atom is 0.410 e. The average molecular weight is 273 g/mol. The molecular formula is C10H18F3NO2S. The number of hydrogen-bond donors (Lipinski definition) is 1. The maximum atomic E-state index is 12.7. The van der Waals surface area contributed by atoms with Gasteiger partial charge in [-0.1, -0.05) is 0 Å². The van der Waals surface area contributed by atoms with Crippen molar-refractivity contribution >= 4 is 11.4 Å². The van der Waals surface area contributed by atoms with E-state index >= 15 is 0 Å². The van der Waals surface area contributed by atoms with Gasteiger partial charge in [0.2, 0.25) is 0 Å². The highest BCUT2D eigenvalue weighted by Gasteiger charge is 2.45. The van der Waals surface area contributed by atoms with E-state index in [1.54, 1.807) is 20.8 Å². The van der Waals surface area contributed by atoms with Crippen molar-refractivity contribution < 1.29 is 22.5 Å². The largest absolute Gasteiger partial charge is 0.598 e. The predicted octanol–water partition coefficient (Wildman–Crippen LogP) is 2.15. The molecule has 0 aromatic carbocycles. The number of alkyl halides is 3. The molecule has 2 atom stereocenters. The van der Waals surface area contributed by atoms with Gasteiger partial charge in [-0.3, -0.25) is 0 Å². The molecule has 7 heteroatoms. The molecule has 1 fully saturated rings. The second-order valence-corrected chi connectivity index (χ2v) is 7.12. The minimum Gasteiger partial charge on any atom is -0.598 e. The zero-order valence-electron chi connectivity index (χ0n) is 10.1. The van der Waals surface area contributed by atoms with Gasteiger partial charge >= 0.3 is 6.18 Å². The molecule has 1 unspecified atom stereocenters. The van der Waals surface area contributed by atoms with Crippen LogP contribution in [0, 0.1) is 0 Å². The van der Waals surface area contributed by atoms with E-state index in [2.05, 4.69) is 4.72 Å². The monoisotopic (exact) mass is 273 g/mol. The fourth-order valence-corrected chi connectivity index (χ4v) is 1.78. The second-order valence-electron chi connectivity index (χ2n) is 5.13. The van der Waals surface area contributed by atoms with Gasteiger partial charge < -0.3 is 9.29 Å². The Morgan fingerprint density at radius 1 is 1.35 bits per heavy atom. The third kappa shape index (κ3) is 5.46. The van der Waals surface area contributed by atoms with Gasteiger partial charge in [-0.2, -0.15) is 13.2 Å². The first-order valence-corrected chi connectivity index (χ1v) is 6.62. The predicted molar refractivity (Wildman–Crippen MR) is 59.8 cm³/mol. The lowest BCUT2D eigenvalue weighted by molar-refractivity contribution is -0.164. The van der Waals surface area contributed by atoms with Crippen LogP contribution >= 0.6 is 0 Å². The zero-order chi connectivity index (χ0) is 13.3. The lowest BCUT2D eigenvalue weighted by Crippen LogP contribution is -2.52. The van der Waals surface area contributed by atoms with Crippen LogP contribution in [0.5, 0.6) is 0 Å². The summed E-state index contributed by atoms with van der Waals surface area (Å²) in [5.74, 6) is 0. The van der Waals surface area contributed by atoms with Gasteiger partial charge in [-0.25, -0.2) is 0 Å². The van der Waals surface area contributed by atoms with Crippen LogP contribution in [0.15, 0.2) is 0 Å². The third-order valence-electron chi connectivity index (χ3n) is 2.22. The van der Waals surface area contributed by atoms with E-state index < -0.39 is 34.9 Å². The maximum absolute atomic E-state index is 12.7. The second kappa shape index (κ2) is 5.34. The molecule has 1 N–H and O–H groups in total. The van der Waals surface area contributed by atoms with Crippen molar-refractivity contribution in [1.82, 2.24) is 4.72 Å². The lowest BCUT2D eigenvalue weighted by atomic mass is 10.3. The van der Waals surface area contributed by atoms with Gasteiger partial charge in [-0.05, 0) is 33.6 Å². The van der Waals surface area contributed by atoms with Gasteiger partial charge in [0, 0.05) is 11.4 Å². The van der Waals surface area contributed by atoms with Crippen LogP contribution in [-0.2, 0) is 16.1 Å². The molecule has 0 spiro atoms. The van der Waals surface area contributed by atoms with E-state index in [9.17, 15) is 17.7 Å². The van der Waals surface area contributed by atoms with Gasteiger partial charge in [0.25, 0.3) is 0 Å². The molecule has 1 rings (SSSR count). The SMILES string of the molecule is CC(C)(C)[S@@+]([O-])NC(COC1CC1)C(F)(F)F. The molecule has 0 radical (unpaired) electrons. The van der Waals surface area contributed by atoms with Crippen LogP contribution in [0.4, 0.5) is 13.2 Å². The molecule has 0 heterocycles. The number of ether oxygens (including phenoxy) is 1. The summed E-state index contributed by atoms with van der Waals surface area (Å²) < 4.78 is 56.0. The van der Waals surface area contributed by atoms with E-state index in [4.69, 9.17) is 4.74 Å². The molecule has 1 aliphatic carbocycles. The van der Waals surface area contributed by atoms with Crippen molar-refractivity contribution in [3.8, 4) is 0 Å². The van der Waals surface area contributed by atoms with Crippen molar-refractivity contribution in [2.75, 3.05) is 6.61 Å². The Bertz CT molecular complexity index is 251. The van der Waals surface area contributed by atoms with Crippen LogP contribution in [0.3, 0.4) is 0 Å². The van der Waals surface area contributed by atoms with E-state index in [1.165, 1.54) is 0 Å². The Labute approximate surface area is 102 Å². The molecule has 102 valence electrons. The summed E-state index contributed by atoms with van der Waals surface area (Å²) in [6, 6.07) is -1.87. The summed E-state index contributed by atoms with van der Waals surface area (Å²) in [7, 11) is 0. The molecule has 0 amide bonds. The Hall–Kier alpha value is 0.0200. The summed E-state index contributed by atoms with van der Waals surface area (Å²) in [5.41, 5.74) is 0. The Morgan fingerprint density at radius 2 is 1.88 bits per heavy atom. The van der Waals surface area contributed by atoms with Crippen LogP contribution in [0.1, 0.15) is 33.6 Å². The van der Waals surface area contributed by atoms with Crippen molar-refractivity contribution in [3.63, 3.8) is 0 Å². The molecular weight excluding hydrogens is 255 g/mol. The summed E-state index contributed by atoms with van der Waals surface area (Å²) in [5, 5.41) is 0. The fraction of sp³-hybridized carbons (Fsp3) is 1.00. The van der Waals surface area contributed by atoms with Crippen molar-refractivity contribution in [2.45, 2.75) is 56.7 Å². The van der Waals surface area contributed by atoms with Gasteiger partial charge in [0.15, 0.2) is 6.04 Å². The zero-order valence-corrected chi connectivity index (χ0v) is 11.0. The number of nitrogens with one attached hydrogen (secondary N) is 1. The molecule has 1 saturated carbocycles. The van der Waals surface area contributed by atoms with Crippen LogP contribution in [0.25, 0.3) is 0 Å². The smallest absolute Gasteiger partial charge is 0.410 e. The van der Waals surface area contributed by atoms with Crippen LogP contribution in [0.2, 0.25) is 0 Å². The summed E-state index contributed by atoms with van der Waals surface area (Å²) in [6.07, 6.45) is -2.87. The topological polar surface area (TPSA) is 44.3 Å². The summed E-state index contributed by atoms with van der Waals surface area (Å²) in [4.78, 5) is 0. The van der Waals surface area contributed by atoms with E-state index in [0.717, 1.165) is 12.8 Å². The number of rotatable bonds is 5. The summed E-state index contributed by atoms with van der Waals surface area (Å²) in [6.45, 7) is 4.37. The normalized spacial score (nSPS) is 21.4. The fourth-order valence-electron chi connectivity index (χ4n) is 0.968. The molecule has 0 aliphatic heterocycles. The number of halogens is 3. The van der Waals surface area contributed by atoms with Gasteiger partial charge in [-0.15, -0.1) is 4.72 Å².